The van der Waals surface area contributed by atoms with Crippen molar-refractivity contribution in [3.63, 3.8) is 0 Å². The summed E-state index contributed by atoms with van der Waals surface area (Å²) in [5.74, 6) is 1.33. The van der Waals surface area contributed by atoms with Crippen LogP contribution < -0.4 is 9.47 Å². The topological polar surface area (TPSA) is 74.9 Å². The van der Waals surface area contributed by atoms with Gasteiger partial charge in [0.15, 0.2) is 11.5 Å². The minimum atomic E-state index is -0.0387. The smallest absolute Gasteiger partial charge is 0.254 e. The third-order valence-electron chi connectivity index (χ3n) is 4.77. The Hall–Kier alpha value is -2.96. The standard InChI is InChI=1S/C19H21N3O4/c23-18(10-14-4-5-20-12-14)21-6-1-7-22(9-8-21)19(24)15-2-3-16-17(11-15)26-13-25-16/h2-5,11-12,20H,1,6-10,13H2. The summed E-state index contributed by atoms with van der Waals surface area (Å²) in [7, 11) is 0. The Morgan fingerprint density at radius 2 is 1.81 bits per heavy atom. The van der Waals surface area contributed by atoms with Crippen LogP contribution >= 0.6 is 0 Å². The van der Waals surface area contributed by atoms with Gasteiger partial charge in [-0.05, 0) is 36.2 Å². The summed E-state index contributed by atoms with van der Waals surface area (Å²) in [5, 5.41) is 0. The number of nitrogens with zero attached hydrogens (tertiary/aromatic N) is 2. The fourth-order valence-corrected chi connectivity index (χ4v) is 3.34. The van der Waals surface area contributed by atoms with Crippen molar-refractivity contribution in [3.8, 4) is 11.5 Å². The van der Waals surface area contributed by atoms with Crippen LogP contribution in [-0.4, -0.2) is 59.6 Å². The van der Waals surface area contributed by atoms with Gasteiger partial charge in [-0.15, -0.1) is 0 Å². The van der Waals surface area contributed by atoms with E-state index in [4.69, 9.17) is 9.47 Å². The van der Waals surface area contributed by atoms with E-state index < -0.39 is 0 Å². The van der Waals surface area contributed by atoms with Gasteiger partial charge in [0.25, 0.3) is 5.91 Å². The molecule has 0 bridgehead atoms. The van der Waals surface area contributed by atoms with Gasteiger partial charge in [0, 0.05) is 44.1 Å². The lowest BCUT2D eigenvalue weighted by molar-refractivity contribution is -0.130. The van der Waals surface area contributed by atoms with Crippen LogP contribution in [-0.2, 0) is 11.2 Å². The number of aromatic amines is 1. The molecule has 1 saturated heterocycles. The van der Waals surface area contributed by atoms with Crippen LogP contribution in [0.5, 0.6) is 11.5 Å². The molecule has 1 aromatic heterocycles. The molecular formula is C19H21N3O4. The summed E-state index contributed by atoms with van der Waals surface area (Å²) in [6, 6.07) is 7.16. The third kappa shape index (κ3) is 3.37. The quantitative estimate of drug-likeness (QED) is 0.909. The first-order valence-electron chi connectivity index (χ1n) is 8.79. The zero-order chi connectivity index (χ0) is 17.9. The van der Waals surface area contributed by atoms with Gasteiger partial charge in [0.1, 0.15) is 0 Å². The number of ether oxygens (including phenoxy) is 2. The molecular weight excluding hydrogens is 334 g/mol. The molecule has 7 heteroatoms. The number of aromatic nitrogens is 1. The first-order valence-corrected chi connectivity index (χ1v) is 8.79. The molecule has 1 fully saturated rings. The number of hydrogen-bond donors (Lipinski definition) is 1. The molecule has 2 amide bonds. The van der Waals surface area contributed by atoms with E-state index in [1.165, 1.54) is 0 Å². The number of carbonyl (C=O) groups excluding carboxylic acids is 2. The number of carbonyl (C=O) groups is 2. The van der Waals surface area contributed by atoms with E-state index >= 15 is 0 Å². The first kappa shape index (κ1) is 16.5. The normalized spacial score (nSPS) is 16.5. The highest BCUT2D eigenvalue weighted by molar-refractivity contribution is 5.95. The summed E-state index contributed by atoms with van der Waals surface area (Å²) in [6.07, 6.45) is 4.82. The minimum absolute atomic E-state index is 0.0387. The zero-order valence-corrected chi connectivity index (χ0v) is 14.4. The molecule has 1 aromatic carbocycles. The van der Waals surface area contributed by atoms with Crippen molar-refractivity contribution in [1.82, 2.24) is 14.8 Å². The van der Waals surface area contributed by atoms with Crippen molar-refractivity contribution in [2.24, 2.45) is 0 Å². The van der Waals surface area contributed by atoms with E-state index in [9.17, 15) is 9.59 Å². The van der Waals surface area contributed by atoms with E-state index in [0.29, 0.717) is 49.7 Å². The van der Waals surface area contributed by atoms with E-state index in [1.807, 2.05) is 23.4 Å². The van der Waals surface area contributed by atoms with Crippen molar-refractivity contribution < 1.29 is 19.1 Å². The summed E-state index contributed by atoms with van der Waals surface area (Å²) in [4.78, 5) is 31.9. The van der Waals surface area contributed by atoms with Crippen molar-refractivity contribution in [3.05, 3.63) is 47.8 Å². The molecule has 2 aliphatic rings. The molecule has 1 N–H and O–H groups in total. The van der Waals surface area contributed by atoms with E-state index in [2.05, 4.69) is 4.98 Å². The highest BCUT2D eigenvalue weighted by Gasteiger charge is 2.24. The van der Waals surface area contributed by atoms with E-state index in [0.717, 1.165) is 12.0 Å². The number of nitrogens with one attached hydrogen (secondary N) is 1. The maximum atomic E-state index is 12.8. The highest BCUT2D eigenvalue weighted by atomic mass is 16.7. The van der Waals surface area contributed by atoms with Crippen LogP contribution in [0.3, 0.4) is 0 Å². The second kappa shape index (κ2) is 7.11. The maximum Gasteiger partial charge on any atom is 0.254 e. The zero-order valence-electron chi connectivity index (χ0n) is 14.4. The predicted octanol–water partition coefficient (Wildman–Crippen LogP) is 1.66. The van der Waals surface area contributed by atoms with Crippen molar-refractivity contribution in [1.29, 1.82) is 0 Å². The second-order valence-electron chi connectivity index (χ2n) is 6.49. The SMILES string of the molecule is O=C(Cc1cc[nH]c1)N1CCCN(C(=O)c2ccc3c(c2)OCO3)CC1. The molecule has 26 heavy (non-hydrogen) atoms. The van der Waals surface area contributed by atoms with Crippen molar-refractivity contribution >= 4 is 11.8 Å². The molecule has 7 nitrogen and oxygen atoms in total. The highest BCUT2D eigenvalue weighted by Crippen LogP contribution is 2.32. The molecule has 0 atom stereocenters. The molecule has 2 aromatic rings. The maximum absolute atomic E-state index is 12.8. The fourth-order valence-electron chi connectivity index (χ4n) is 3.34. The second-order valence-corrected chi connectivity index (χ2v) is 6.49. The monoisotopic (exact) mass is 355 g/mol. The number of amides is 2. The van der Waals surface area contributed by atoms with Gasteiger partial charge in [0.2, 0.25) is 12.7 Å². The Labute approximate surface area is 151 Å². The molecule has 0 saturated carbocycles. The number of fused-ring (bicyclic) bond motifs is 1. The van der Waals surface area contributed by atoms with E-state index in [1.54, 1.807) is 23.1 Å². The minimum Gasteiger partial charge on any atom is -0.454 e. The van der Waals surface area contributed by atoms with Gasteiger partial charge in [0.05, 0.1) is 6.42 Å². The molecule has 3 heterocycles. The Morgan fingerprint density at radius 1 is 1.00 bits per heavy atom. The summed E-state index contributed by atoms with van der Waals surface area (Å²) in [5.41, 5.74) is 1.56. The lowest BCUT2D eigenvalue weighted by Gasteiger charge is -2.22. The average molecular weight is 355 g/mol. The number of H-pyrrole nitrogens is 1. The molecule has 0 aliphatic carbocycles. The number of hydrogen-bond acceptors (Lipinski definition) is 4. The lowest BCUT2D eigenvalue weighted by atomic mass is 10.1. The van der Waals surface area contributed by atoms with Gasteiger partial charge < -0.3 is 24.3 Å². The Balaban J connectivity index is 1.38. The van der Waals surface area contributed by atoms with Crippen LogP contribution in [0.1, 0.15) is 22.3 Å². The van der Waals surface area contributed by atoms with Crippen LogP contribution in [0.15, 0.2) is 36.7 Å². The van der Waals surface area contributed by atoms with E-state index in [-0.39, 0.29) is 18.6 Å². The third-order valence-corrected chi connectivity index (χ3v) is 4.77. The summed E-state index contributed by atoms with van der Waals surface area (Å²) >= 11 is 0. The molecule has 4 rings (SSSR count). The molecule has 2 aliphatic heterocycles. The molecule has 0 spiro atoms. The van der Waals surface area contributed by atoms with Gasteiger partial charge in [-0.3, -0.25) is 9.59 Å². The average Bonchev–Trinajstić information content (AvgIpc) is 3.27. The number of benzene rings is 1. The van der Waals surface area contributed by atoms with Crippen LogP contribution in [0, 0.1) is 0 Å². The molecule has 0 unspecified atom stereocenters. The van der Waals surface area contributed by atoms with Crippen LogP contribution in [0.4, 0.5) is 0 Å². The van der Waals surface area contributed by atoms with Crippen LogP contribution in [0.25, 0.3) is 0 Å². The summed E-state index contributed by atoms with van der Waals surface area (Å²) < 4.78 is 10.6. The predicted molar refractivity (Wildman–Crippen MR) is 94.2 cm³/mol. The lowest BCUT2D eigenvalue weighted by Crippen LogP contribution is -2.37. The van der Waals surface area contributed by atoms with Crippen molar-refractivity contribution in [2.45, 2.75) is 12.8 Å². The first-order chi connectivity index (χ1) is 12.7. The largest absolute Gasteiger partial charge is 0.454 e. The van der Waals surface area contributed by atoms with Crippen LogP contribution in [0.2, 0.25) is 0 Å². The Morgan fingerprint density at radius 3 is 2.65 bits per heavy atom. The fraction of sp³-hybridized carbons (Fsp3) is 0.368. The van der Waals surface area contributed by atoms with Gasteiger partial charge in [-0.1, -0.05) is 0 Å². The van der Waals surface area contributed by atoms with Gasteiger partial charge >= 0.3 is 0 Å². The molecule has 136 valence electrons. The van der Waals surface area contributed by atoms with Gasteiger partial charge in [-0.25, -0.2) is 0 Å². The van der Waals surface area contributed by atoms with Gasteiger partial charge in [-0.2, -0.15) is 0 Å². The summed E-state index contributed by atoms with van der Waals surface area (Å²) in [6.45, 7) is 2.59. The Kier molecular flexibility index (Phi) is 4.51. The Bertz CT molecular complexity index is 803. The van der Waals surface area contributed by atoms with Crippen molar-refractivity contribution in [2.75, 3.05) is 33.0 Å². The molecule has 0 radical (unpaired) electrons. The number of rotatable bonds is 3.